The molecule has 0 spiro atoms. The fraction of sp³-hybridized carbons (Fsp3) is 0.568. The van der Waals surface area contributed by atoms with Gasteiger partial charge in [0.05, 0.1) is 19.8 Å². The molecule has 19 heteroatoms. The molecule has 2 atom stereocenters. The molecule has 1 aliphatic heterocycles. The van der Waals surface area contributed by atoms with Crippen molar-refractivity contribution in [2.24, 2.45) is 17.1 Å². The van der Waals surface area contributed by atoms with Crippen molar-refractivity contribution >= 4 is 53.4 Å². The number of primary amides is 1. The van der Waals surface area contributed by atoms with Gasteiger partial charge in [-0.2, -0.15) is 0 Å². The van der Waals surface area contributed by atoms with Gasteiger partial charge >= 0.3 is 18.2 Å². The summed E-state index contributed by atoms with van der Waals surface area (Å²) in [5.74, 6) is -2.54. The van der Waals surface area contributed by atoms with E-state index in [1.54, 1.807) is 57.1 Å². The molecule has 6 N–H and O–H groups in total. The van der Waals surface area contributed by atoms with E-state index in [-0.39, 0.29) is 64.8 Å². The van der Waals surface area contributed by atoms with Crippen molar-refractivity contribution in [3.05, 3.63) is 42.0 Å². The highest BCUT2D eigenvalue weighted by Crippen LogP contribution is 2.17. The molecule has 0 bridgehead atoms. The number of carbonyl (C=O) groups excluding carboxylic acids is 8. The van der Waals surface area contributed by atoms with Gasteiger partial charge in [-0.05, 0) is 36.5 Å². The summed E-state index contributed by atoms with van der Waals surface area (Å²) < 4.78 is 15.8. The highest BCUT2D eigenvalue weighted by molar-refractivity contribution is 6.12. The molecule has 56 heavy (non-hydrogen) atoms. The molecular formula is C37H56N8O11. The number of hydrogen-bond acceptors (Lipinski definition) is 11. The highest BCUT2D eigenvalue weighted by atomic mass is 16.6. The number of ether oxygens (including phenoxy) is 3. The summed E-state index contributed by atoms with van der Waals surface area (Å²) in [6, 6.07) is 3.61. The van der Waals surface area contributed by atoms with E-state index in [2.05, 4.69) is 21.3 Å². The zero-order valence-corrected chi connectivity index (χ0v) is 33.2. The molecule has 2 rings (SSSR count). The van der Waals surface area contributed by atoms with Crippen LogP contribution in [-0.4, -0.2) is 135 Å². The fourth-order valence-corrected chi connectivity index (χ4v) is 5.09. The Bertz CT molecular complexity index is 1560. The van der Waals surface area contributed by atoms with Crippen LogP contribution in [0.5, 0.6) is 0 Å². The topological polar surface area (TPSA) is 248 Å². The second kappa shape index (κ2) is 22.6. The standard InChI is InChI=1S/C37H56N8O11/c1-24(2)30(42-35(52)55-22-21-54-20-19-45-28(46)14-15-29(45)47)32(49)41-27(9-8-16-39-34(38)51)31(48)40-26-12-10-25(11-13-26)23-56-36(53)44(7)18-17-43(6)33(50)37(3,4)5/h10-15,24,27,30H,8-9,16-23H2,1-7H3,(H,40,48)(H,41,49)(H,42,52)(H3,38,39,51)/t27-,30?/m0/s1. The first-order valence-corrected chi connectivity index (χ1v) is 18.2. The van der Waals surface area contributed by atoms with Crippen molar-refractivity contribution in [2.75, 3.05) is 65.4 Å². The summed E-state index contributed by atoms with van der Waals surface area (Å²) in [7, 11) is 3.25. The van der Waals surface area contributed by atoms with Crippen molar-refractivity contribution in [3.8, 4) is 0 Å². The molecule has 0 aliphatic carbocycles. The average Bonchev–Trinajstić information content (AvgIpc) is 3.46. The van der Waals surface area contributed by atoms with Crippen molar-refractivity contribution in [2.45, 2.75) is 66.2 Å². The Morgan fingerprint density at radius 3 is 2.05 bits per heavy atom. The number of hydrogen-bond donors (Lipinski definition) is 5. The second-order valence-corrected chi connectivity index (χ2v) is 14.4. The number of anilines is 1. The van der Waals surface area contributed by atoms with Gasteiger partial charge in [-0.1, -0.05) is 46.8 Å². The van der Waals surface area contributed by atoms with Gasteiger partial charge < -0.3 is 51.0 Å². The Morgan fingerprint density at radius 2 is 1.46 bits per heavy atom. The SMILES string of the molecule is CC(C)C(NC(=O)OCCOCCN1C(=O)C=CC1=O)C(=O)N[C@@H](CCCNC(N)=O)C(=O)Nc1ccc(COC(=O)N(C)CCN(C)C(=O)C(C)(C)C)cc1. The Balaban J connectivity index is 1.91. The van der Waals surface area contributed by atoms with Gasteiger partial charge in [0.1, 0.15) is 25.3 Å². The minimum Gasteiger partial charge on any atom is -0.447 e. The zero-order valence-electron chi connectivity index (χ0n) is 33.2. The molecule has 1 aromatic carbocycles. The van der Waals surface area contributed by atoms with Crippen LogP contribution in [0.1, 0.15) is 53.0 Å². The molecule has 1 unspecified atom stereocenters. The summed E-state index contributed by atoms with van der Waals surface area (Å²) in [5, 5.41) is 10.4. The van der Waals surface area contributed by atoms with Gasteiger partial charge in [0.25, 0.3) is 11.8 Å². The first-order valence-electron chi connectivity index (χ1n) is 18.2. The van der Waals surface area contributed by atoms with E-state index in [9.17, 15) is 38.4 Å². The molecule has 19 nitrogen and oxygen atoms in total. The van der Waals surface area contributed by atoms with Crippen LogP contribution >= 0.6 is 0 Å². The van der Waals surface area contributed by atoms with Crippen molar-refractivity contribution in [1.29, 1.82) is 0 Å². The summed E-state index contributed by atoms with van der Waals surface area (Å²) in [5.41, 5.74) is 5.65. The number of imide groups is 1. The van der Waals surface area contributed by atoms with Crippen LogP contribution in [0.4, 0.5) is 20.1 Å². The van der Waals surface area contributed by atoms with E-state index in [0.717, 1.165) is 4.90 Å². The van der Waals surface area contributed by atoms with Gasteiger partial charge in [0.2, 0.25) is 17.7 Å². The number of urea groups is 1. The van der Waals surface area contributed by atoms with Crippen LogP contribution in [0, 0.1) is 11.3 Å². The number of benzene rings is 1. The molecule has 310 valence electrons. The summed E-state index contributed by atoms with van der Waals surface area (Å²) in [6.45, 7) is 9.47. The molecular weight excluding hydrogens is 732 g/mol. The van der Waals surface area contributed by atoms with Gasteiger partial charge in [0, 0.05) is 57.0 Å². The van der Waals surface area contributed by atoms with Gasteiger partial charge in [-0.3, -0.25) is 28.9 Å². The van der Waals surface area contributed by atoms with E-state index >= 15 is 0 Å². The fourth-order valence-electron chi connectivity index (χ4n) is 5.09. The predicted octanol–water partition coefficient (Wildman–Crippen LogP) is 1.32. The smallest absolute Gasteiger partial charge is 0.409 e. The van der Waals surface area contributed by atoms with Crippen molar-refractivity contribution in [1.82, 2.24) is 30.7 Å². The second-order valence-electron chi connectivity index (χ2n) is 14.4. The van der Waals surface area contributed by atoms with Crippen molar-refractivity contribution in [3.63, 3.8) is 0 Å². The first kappa shape index (κ1) is 46.4. The van der Waals surface area contributed by atoms with E-state index in [1.807, 2.05) is 20.8 Å². The number of rotatable bonds is 21. The Labute approximate surface area is 327 Å². The number of alkyl carbamates (subject to hydrolysis) is 1. The lowest BCUT2D eigenvalue weighted by molar-refractivity contribution is -0.138. The maximum Gasteiger partial charge on any atom is 0.409 e. The number of nitrogens with zero attached hydrogens (tertiary/aromatic N) is 3. The predicted molar refractivity (Wildman–Crippen MR) is 204 cm³/mol. The molecule has 0 radical (unpaired) electrons. The molecule has 0 saturated heterocycles. The van der Waals surface area contributed by atoms with E-state index in [1.165, 1.54) is 17.1 Å². The van der Waals surface area contributed by atoms with Crippen LogP contribution < -0.4 is 27.0 Å². The molecule has 9 amide bonds. The lowest BCUT2D eigenvalue weighted by atomic mass is 9.95. The van der Waals surface area contributed by atoms with Crippen LogP contribution in [0.15, 0.2) is 36.4 Å². The summed E-state index contributed by atoms with van der Waals surface area (Å²) >= 11 is 0. The maximum atomic E-state index is 13.4. The molecule has 0 fully saturated rings. The molecule has 0 saturated carbocycles. The number of carbonyl (C=O) groups is 8. The first-order chi connectivity index (χ1) is 26.3. The van der Waals surface area contributed by atoms with E-state index in [4.69, 9.17) is 19.9 Å². The number of likely N-dealkylation sites (N-methyl/N-ethyl adjacent to an activating group) is 2. The number of nitrogens with two attached hydrogens (primary N) is 1. The van der Waals surface area contributed by atoms with Gasteiger partial charge in [-0.25, -0.2) is 14.4 Å². The Kier molecular flexibility index (Phi) is 18.7. The normalized spacial score (nSPS) is 13.5. The third-order valence-electron chi connectivity index (χ3n) is 8.30. The van der Waals surface area contributed by atoms with E-state index in [0.29, 0.717) is 17.8 Å². The highest BCUT2D eigenvalue weighted by Gasteiger charge is 2.30. The lowest BCUT2D eigenvalue weighted by Crippen LogP contribution is -2.54. The van der Waals surface area contributed by atoms with Crippen molar-refractivity contribution < 1.29 is 52.6 Å². The maximum absolute atomic E-state index is 13.4. The molecule has 1 heterocycles. The third kappa shape index (κ3) is 16.3. The Hall–Kier alpha value is -5.72. The number of amides is 9. The monoisotopic (exact) mass is 788 g/mol. The lowest BCUT2D eigenvalue weighted by Gasteiger charge is -2.27. The third-order valence-corrected chi connectivity index (χ3v) is 8.30. The van der Waals surface area contributed by atoms with Crippen LogP contribution in [0.3, 0.4) is 0 Å². The minimum absolute atomic E-state index is 0.0270. The molecule has 1 aromatic rings. The average molecular weight is 789 g/mol. The summed E-state index contributed by atoms with van der Waals surface area (Å²) in [6.07, 6.45) is 1.25. The summed E-state index contributed by atoms with van der Waals surface area (Å²) in [4.78, 5) is 103. The number of nitrogens with one attached hydrogen (secondary N) is 4. The van der Waals surface area contributed by atoms with Crippen LogP contribution in [-0.2, 0) is 44.8 Å². The largest absolute Gasteiger partial charge is 0.447 e. The van der Waals surface area contributed by atoms with Gasteiger partial charge in [0.15, 0.2) is 0 Å². The minimum atomic E-state index is -1.09. The van der Waals surface area contributed by atoms with Gasteiger partial charge in [-0.15, -0.1) is 0 Å². The molecule has 1 aliphatic rings. The zero-order chi connectivity index (χ0) is 42.0. The quantitative estimate of drug-likeness (QED) is 0.0878. The molecule has 0 aromatic heterocycles. The van der Waals surface area contributed by atoms with Crippen LogP contribution in [0.2, 0.25) is 0 Å². The van der Waals surface area contributed by atoms with E-state index < -0.39 is 65.3 Å². The van der Waals surface area contributed by atoms with Crippen LogP contribution in [0.25, 0.3) is 0 Å². The Morgan fingerprint density at radius 1 is 0.839 bits per heavy atom.